The third-order valence-electron chi connectivity index (χ3n) is 1.95. The topological polar surface area (TPSA) is 117 Å². The number of fused-ring (bicyclic) bond motifs is 1. The molecule has 0 spiro atoms. The van der Waals surface area contributed by atoms with Crippen LogP contribution in [-0.4, -0.2) is 35.6 Å². The smallest absolute Gasteiger partial charge is 0.311 e. The lowest BCUT2D eigenvalue weighted by molar-refractivity contribution is -0.142. The van der Waals surface area contributed by atoms with Crippen molar-refractivity contribution in [1.29, 1.82) is 0 Å². The number of nitrogens with zero attached hydrogens (tertiary/aromatic N) is 3. The van der Waals surface area contributed by atoms with Crippen molar-refractivity contribution in [3.05, 3.63) is 11.9 Å². The van der Waals surface area contributed by atoms with E-state index < -0.39 is 16.0 Å². The molecule has 0 saturated heterocycles. The number of hydrogen-bond acceptors (Lipinski definition) is 7. The molecule has 0 bridgehead atoms. The fourth-order valence-corrected chi connectivity index (χ4v) is 2.81. The van der Waals surface area contributed by atoms with E-state index in [1.807, 2.05) is 0 Å². The van der Waals surface area contributed by atoms with Crippen LogP contribution in [0.2, 0.25) is 0 Å². The summed E-state index contributed by atoms with van der Waals surface area (Å²) in [4.78, 5) is 15.7. The van der Waals surface area contributed by atoms with Gasteiger partial charge in [0.2, 0.25) is 9.30 Å². The van der Waals surface area contributed by atoms with Crippen LogP contribution in [0.4, 0.5) is 0 Å². The molecule has 0 aromatic carbocycles. The molecule has 10 heteroatoms. The van der Waals surface area contributed by atoms with Crippen molar-refractivity contribution in [2.75, 3.05) is 6.61 Å². The van der Waals surface area contributed by atoms with E-state index in [1.165, 1.54) is 10.7 Å². The fraction of sp³-hybridized carbons (Fsp3) is 0.375. The average molecular weight is 290 g/mol. The number of carbonyl (C=O) groups excluding carboxylic acids is 1. The van der Waals surface area contributed by atoms with Crippen LogP contribution in [0.15, 0.2) is 10.5 Å². The Morgan fingerprint density at radius 2 is 2.33 bits per heavy atom. The molecule has 2 heterocycles. The summed E-state index contributed by atoms with van der Waals surface area (Å²) in [7, 11) is -3.82. The van der Waals surface area contributed by atoms with Gasteiger partial charge in [-0.1, -0.05) is 11.3 Å². The van der Waals surface area contributed by atoms with E-state index in [4.69, 9.17) is 9.88 Å². The van der Waals surface area contributed by atoms with Crippen molar-refractivity contribution in [2.45, 2.75) is 17.7 Å². The molecular formula is C8H10N4O4S2. The molecule has 0 aliphatic rings. The number of nitrogens with two attached hydrogens (primary N) is 1. The van der Waals surface area contributed by atoms with Crippen molar-refractivity contribution in [1.82, 2.24) is 14.6 Å². The third-order valence-corrected chi connectivity index (χ3v) is 4.18. The van der Waals surface area contributed by atoms with Crippen LogP contribution in [0.3, 0.4) is 0 Å². The summed E-state index contributed by atoms with van der Waals surface area (Å²) < 4.78 is 28.0. The zero-order valence-corrected chi connectivity index (χ0v) is 11.0. The maximum atomic E-state index is 11.2. The van der Waals surface area contributed by atoms with Gasteiger partial charge >= 0.3 is 5.97 Å². The molecule has 98 valence electrons. The maximum absolute atomic E-state index is 11.2. The third kappa shape index (κ3) is 2.66. The predicted octanol–water partition coefficient (Wildman–Crippen LogP) is -0.456. The highest BCUT2D eigenvalue weighted by Gasteiger charge is 2.17. The van der Waals surface area contributed by atoms with Crippen LogP contribution < -0.4 is 5.14 Å². The van der Waals surface area contributed by atoms with E-state index in [9.17, 15) is 13.2 Å². The monoisotopic (exact) mass is 290 g/mol. The van der Waals surface area contributed by atoms with E-state index >= 15 is 0 Å². The number of aromatic nitrogens is 3. The van der Waals surface area contributed by atoms with Crippen LogP contribution in [0.5, 0.6) is 0 Å². The van der Waals surface area contributed by atoms with Gasteiger partial charge in [-0.2, -0.15) is 0 Å². The normalized spacial score (nSPS) is 11.9. The van der Waals surface area contributed by atoms with E-state index in [0.717, 1.165) is 11.3 Å². The van der Waals surface area contributed by atoms with E-state index in [0.29, 0.717) is 17.3 Å². The Morgan fingerprint density at radius 1 is 1.61 bits per heavy atom. The van der Waals surface area contributed by atoms with Gasteiger partial charge in [-0.15, -0.1) is 5.10 Å². The standard InChI is InChI=1S/C8H10N4O4S2/c1-2-16-6(13)3-5-4-12-7(10-5)17-8(11-12)18(9,14)15/h4H,2-3H2,1H3,(H2,9,14,15). The molecule has 0 atom stereocenters. The SMILES string of the molecule is CCOC(=O)Cc1cn2nc(S(N)(=O)=O)sc2n1. The zero-order valence-electron chi connectivity index (χ0n) is 9.36. The molecule has 2 aromatic rings. The molecule has 0 saturated carbocycles. The van der Waals surface area contributed by atoms with Crippen molar-refractivity contribution in [3.8, 4) is 0 Å². The Bertz CT molecular complexity index is 656. The van der Waals surface area contributed by atoms with E-state index in [1.54, 1.807) is 6.92 Å². The number of carbonyl (C=O) groups is 1. The van der Waals surface area contributed by atoms with Gasteiger partial charge in [-0.25, -0.2) is 23.1 Å². The molecule has 0 radical (unpaired) electrons. The second-order valence-corrected chi connectivity index (χ2v) is 6.05. The summed E-state index contributed by atoms with van der Waals surface area (Å²) in [6.45, 7) is 2.01. The van der Waals surface area contributed by atoms with Crippen LogP contribution in [0, 0.1) is 0 Å². The molecule has 18 heavy (non-hydrogen) atoms. The lowest BCUT2D eigenvalue weighted by Crippen LogP contribution is -2.12. The predicted molar refractivity (Wildman–Crippen MR) is 62.6 cm³/mol. The number of sulfonamides is 1. The first-order valence-corrected chi connectivity index (χ1v) is 7.30. The average Bonchev–Trinajstić information content (AvgIpc) is 2.73. The van der Waals surface area contributed by atoms with Crippen LogP contribution >= 0.6 is 11.3 Å². The summed E-state index contributed by atoms with van der Waals surface area (Å²) in [5.41, 5.74) is 0.466. The van der Waals surface area contributed by atoms with Gasteiger partial charge in [-0.05, 0) is 6.92 Å². The Hall–Kier alpha value is -1.52. The molecule has 0 unspecified atom stereocenters. The van der Waals surface area contributed by atoms with Crippen LogP contribution in [0.25, 0.3) is 4.96 Å². The minimum Gasteiger partial charge on any atom is -0.466 e. The number of ether oxygens (including phenoxy) is 1. The molecule has 2 N–H and O–H groups in total. The summed E-state index contributed by atoms with van der Waals surface area (Å²) in [6, 6.07) is 0. The highest BCUT2D eigenvalue weighted by Crippen LogP contribution is 2.18. The number of primary sulfonamides is 1. The van der Waals surface area contributed by atoms with Gasteiger partial charge in [0.1, 0.15) is 0 Å². The first-order valence-electron chi connectivity index (χ1n) is 4.93. The second-order valence-electron chi connectivity index (χ2n) is 3.35. The van der Waals surface area contributed by atoms with Crippen molar-refractivity contribution in [3.63, 3.8) is 0 Å². The highest BCUT2D eigenvalue weighted by molar-refractivity contribution is 7.91. The van der Waals surface area contributed by atoms with Crippen molar-refractivity contribution in [2.24, 2.45) is 5.14 Å². The minimum absolute atomic E-state index is 0.0224. The molecule has 0 aliphatic heterocycles. The molecule has 2 rings (SSSR count). The molecule has 0 amide bonds. The fourth-order valence-electron chi connectivity index (χ4n) is 1.29. The molecule has 2 aromatic heterocycles. The number of imidazole rings is 1. The Kier molecular flexibility index (Phi) is 3.32. The number of esters is 1. The largest absolute Gasteiger partial charge is 0.466 e. The van der Waals surface area contributed by atoms with Crippen LogP contribution in [0.1, 0.15) is 12.6 Å². The van der Waals surface area contributed by atoms with Gasteiger partial charge in [-0.3, -0.25) is 4.79 Å². The Balaban J connectivity index is 2.25. The number of hydrogen-bond donors (Lipinski definition) is 1. The lowest BCUT2D eigenvalue weighted by atomic mass is 10.3. The maximum Gasteiger partial charge on any atom is 0.311 e. The first-order chi connectivity index (χ1) is 8.40. The highest BCUT2D eigenvalue weighted by atomic mass is 32.2. The summed E-state index contributed by atoms with van der Waals surface area (Å²) in [5, 5.41) is 8.71. The summed E-state index contributed by atoms with van der Waals surface area (Å²) >= 11 is 0.841. The first kappa shape index (κ1) is 12.9. The Morgan fingerprint density at radius 3 is 2.89 bits per heavy atom. The van der Waals surface area contributed by atoms with Gasteiger partial charge in [0.15, 0.2) is 0 Å². The van der Waals surface area contributed by atoms with Crippen LogP contribution in [-0.2, 0) is 26.0 Å². The quantitative estimate of drug-likeness (QED) is 0.762. The van der Waals surface area contributed by atoms with Gasteiger partial charge in [0.25, 0.3) is 10.0 Å². The van der Waals surface area contributed by atoms with Crippen molar-refractivity contribution < 1.29 is 17.9 Å². The number of rotatable bonds is 4. The zero-order chi connectivity index (χ0) is 13.3. The Labute approximate surface area is 106 Å². The summed E-state index contributed by atoms with van der Waals surface area (Å²) in [6.07, 6.45) is 1.49. The van der Waals surface area contributed by atoms with Gasteiger partial charge < -0.3 is 4.74 Å². The molecule has 0 fully saturated rings. The van der Waals surface area contributed by atoms with E-state index in [2.05, 4.69) is 10.1 Å². The summed E-state index contributed by atoms with van der Waals surface area (Å²) in [5.74, 6) is -0.394. The van der Waals surface area contributed by atoms with E-state index in [-0.39, 0.29) is 10.8 Å². The molecule has 0 aliphatic carbocycles. The molecular weight excluding hydrogens is 280 g/mol. The molecule has 8 nitrogen and oxygen atoms in total. The van der Waals surface area contributed by atoms with Gasteiger partial charge in [0, 0.05) is 0 Å². The van der Waals surface area contributed by atoms with Gasteiger partial charge in [0.05, 0.1) is 24.9 Å². The lowest BCUT2D eigenvalue weighted by Gasteiger charge is -1.97. The minimum atomic E-state index is -3.82. The second kappa shape index (κ2) is 4.63. The van der Waals surface area contributed by atoms with Crippen molar-refractivity contribution >= 4 is 32.3 Å².